The van der Waals surface area contributed by atoms with Gasteiger partial charge in [0.1, 0.15) is 0 Å². The Balaban J connectivity index is 3.08. The first-order valence-electron chi connectivity index (χ1n) is 4.87. The van der Waals surface area contributed by atoms with Crippen LogP contribution < -0.4 is 5.32 Å². The van der Waals surface area contributed by atoms with E-state index in [9.17, 15) is 4.21 Å². The fourth-order valence-electron chi connectivity index (χ4n) is 0.895. The fraction of sp³-hybridized carbons (Fsp3) is 1.00. The van der Waals surface area contributed by atoms with Gasteiger partial charge in [-0.25, -0.2) is 0 Å². The van der Waals surface area contributed by atoms with Crippen molar-refractivity contribution in [1.82, 2.24) is 5.32 Å². The van der Waals surface area contributed by atoms with E-state index in [4.69, 9.17) is 0 Å². The molecule has 1 N–H and O–H groups in total. The van der Waals surface area contributed by atoms with Gasteiger partial charge < -0.3 is 5.32 Å². The Bertz CT molecular complexity index is 117. The molecule has 0 aromatic heterocycles. The smallest absolute Gasteiger partial charge is 0.0360 e. The van der Waals surface area contributed by atoms with Gasteiger partial charge in [-0.15, -0.1) is 0 Å². The van der Waals surface area contributed by atoms with E-state index >= 15 is 0 Å². The van der Waals surface area contributed by atoms with E-state index in [2.05, 4.69) is 19.2 Å². The molecule has 0 aliphatic carbocycles. The predicted octanol–water partition coefficient (Wildman–Crippen LogP) is 1.53. The Labute approximate surface area is 78.6 Å². The van der Waals surface area contributed by atoms with E-state index in [1.807, 2.05) is 0 Å². The summed E-state index contributed by atoms with van der Waals surface area (Å²) in [6, 6.07) is 0. The Hall–Kier alpha value is 0.110. The molecular weight excluding hydrogens is 170 g/mol. The normalized spacial score (nSPS) is 13.2. The maximum atomic E-state index is 11.2. The monoisotopic (exact) mass is 191 g/mol. The Morgan fingerprint density at radius 3 is 2.42 bits per heavy atom. The highest BCUT2D eigenvalue weighted by Crippen LogP contribution is 1.91. The van der Waals surface area contributed by atoms with E-state index in [1.165, 1.54) is 0 Å². The van der Waals surface area contributed by atoms with Crippen molar-refractivity contribution < 1.29 is 4.21 Å². The van der Waals surface area contributed by atoms with Crippen molar-refractivity contribution in [3.05, 3.63) is 0 Å². The molecule has 0 saturated carbocycles. The van der Waals surface area contributed by atoms with Crippen molar-refractivity contribution in [2.24, 2.45) is 0 Å². The molecule has 0 aromatic carbocycles. The molecule has 0 heterocycles. The SMILES string of the molecule is CCCCS(=O)CCNCCC. The average Bonchev–Trinajstić information content (AvgIpc) is 2.09. The first kappa shape index (κ1) is 12.1. The summed E-state index contributed by atoms with van der Waals surface area (Å²) in [4.78, 5) is 0. The molecule has 12 heavy (non-hydrogen) atoms. The van der Waals surface area contributed by atoms with Gasteiger partial charge in [0, 0.05) is 28.9 Å². The molecule has 0 amide bonds. The predicted molar refractivity (Wildman–Crippen MR) is 55.9 cm³/mol. The lowest BCUT2D eigenvalue weighted by atomic mass is 10.4. The second-order valence-electron chi connectivity index (χ2n) is 2.95. The van der Waals surface area contributed by atoms with Crippen molar-refractivity contribution in [3.8, 4) is 0 Å². The van der Waals surface area contributed by atoms with Crippen LogP contribution in [0.4, 0.5) is 0 Å². The molecule has 0 bridgehead atoms. The van der Waals surface area contributed by atoms with Gasteiger partial charge in [-0.3, -0.25) is 4.21 Å². The van der Waals surface area contributed by atoms with Crippen LogP contribution in [-0.2, 0) is 10.8 Å². The Morgan fingerprint density at radius 2 is 1.83 bits per heavy atom. The third kappa shape index (κ3) is 8.21. The molecule has 74 valence electrons. The summed E-state index contributed by atoms with van der Waals surface area (Å²) in [5.41, 5.74) is 0. The minimum atomic E-state index is -0.586. The van der Waals surface area contributed by atoms with Gasteiger partial charge in [0.2, 0.25) is 0 Å². The molecule has 0 aliphatic rings. The number of rotatable bonds is 8. The van der Waals surface area contributed by atoms with Crippen LogP contribution in [0, 0.1) is 0 Å². The van der Waals surface area contributed by atoms with Gasteiger partial charge in [-0.2, -0.15) is 0 Å². The highest BCUT2D eigenvalue weighted by Gasteiger charge is 1.97. The highest BCUT2D eigenvalue weighted by molar-refractivity contribution is 7.84. The van der Waals surface area contributed by atoms with Crippen molar-refractivity contribution in [1.29, 1.82) is 0 Å². The second kappa shape index (κ2) is 9.20. The van der Waals surface area contributed by atoms with Gasteiger partial charge in [-0.05, 0) is 19.4 Å². The van der Waals surface area contributed by atoms with E-state index in [1.54, 1.807) is 0 Å². The van der Waals surface area contributed by atoms with Crippen molar-refractivity contribution in [2.45, 2.75) is 33.1 Å². The highest BCUT2D eigenvalue weighted by atomic mass is 32.2. The maximum Gasteiger partial charge on any atom is 0.0360 e. The molecule has 1 atom stereocenters. The summed E-state index contributed by atoms with van der Waals surface area (Å²) in [5, 5.41) is 3.25. The average molecular weight is 191 g/mol. The summed E-state index contributed by atoms with van der Waals surface area (Å²) in [6.07, 6.45) is 3.40. The van der Waals surface area contributed by atoms with Crippen molar-refractivity contribution >= 4 is 10.8 Å². The molecule has 1 unspecified atom stereocenters. The summed E-state index contributed by atoms with van der Waals surface area (Å²) in [5.74, 6) is 1.70. The van der Waals surface area contributed by atoms with Gasteiger partial charge in [0.25, 0.3) is 0 Å². The van der Waals surface area contributed by atoms with Crippen LogP contribution in [0.25, 0.3) is 0 Å². The first-order valence-corrected chi connectivity index (χ1v) is 6.35. The molecular formula is C9H21NOS. The minimum Gasteiger partial charge on any atom is -0.316 e. The number of nitrogens with one attached hydrogen (secondary N) is 1. The Morgan fingerprint density at radius 1 is 1.08 bits per heavy atom. The minimum absolute atomic E-state index is 0.586. The zero-order chi connectivity index (χ0) is 9.23. The maximum absolute atomic E-state index is 11.2. The van der Waals surface area contributed by atoms with E-state index in [-0.39, 0.29) is 0 Å². The van der Waals surface area contributed by atoms with E-state index in [0.717, 1.165) is 43.9 Å². The third-order valence-electron chi connectivity index (χ3n) is 1.66. The fourth-order valence-corrected chi connectivity index (χ4v) is 2.08. The lowest BCUT2D eigenvalue weighted by Crippen LogP contribution is -2.21. The van der Waals surface area contributed by atoms with Gasteiger partial charge >= 0.3 is 0 Å². The molecule has 0 saturated heterocycles. The number of unbranched alkanes of at least 4 members (excludes halogenated alkanes) is 1. The number of hydrogen-bond donors (Lipinski definition) is 1. The van der Waals surface area contributed by atoms with Crippen LogP contribution in [0.1, 0.15) is 33.1 Å². The van der Waals surface area contributed by atoms with Crippen LogP contribution >= 0.6 is 0 Å². The van der Waals surface area contributed by atoms with Crippen LogP contribution in [-0.4, -0.2) is 28.8 Å². The van der Waals surface area contributed by atoms with E-state index < -0.39 is 10.8 Å². The summed E-state index contributed by atoms with van der Waals surface area (Å²) in [6.45, 7) is 6.22. The van der Waals surface area contributed by atoms with Crippen molar-refractivity contribution in [3.63, 3.8) is 0 Å². The van der Waals surface area contributed by atoms with Crippen molar-refractivity contribution in [2.75, 3.05) is 24.6 Å². The standard InChI is InChI=1S/C9H21NOS/c1-3-5-8-12(11)9-7-10-6-4-2/h10H,3-9H2,1-2H3. The van der Waals surface area contributed by atoms with Gasteiger partial charge in [0.05, 0.1) is 0 Å². The molecule has 3 heteroatoms. The molecule has 0 spiro atoms. The van der Waals surface area contributed by atoms with Gasteiger partial charge in [0.15, 0.2) is 0 Å². The molecule has 0 aliphatic heterocycles. The topological polar surface area (TPSA) is 29.1 Å². The van der Waals surface area contributed by atoms with Crippen LogP contribution in [0.3, 0.4) is 0 Å². The largest absolute Gasteiger partial charge is 0.316 e. The summed E-state index contributed by atoms with van der Waals surface area (Å²) < 4.78 is 11.2. The summed E-state index contributed by atoms with van der Waals surface area (Å²) >= 11 is 0. The molecule has 0 radical (unpaired) electrons. The second-order valence-corrected chi connectivity index (χ2v) is 4.65. The van der Waals surface area contributed by atoms with Crippen LogP contribution in [0.15, 0.2) is 0 Å². The van der Waals surface area contributed by atoms with Gasteiger partial charge in [-0.1, -0.05) is 20.3 Å². The quantitative estimate of drug-likeness (QED) is 0.590. The lowest BCUT2D eigenvalue weighted by molar-refractivity contribution is 0.666. The third-order valence-corrected chi connectivity index (χ3v) is 3.06. The molecule has 2 nitrogen and oxygen atoms in total. The first-order chi connectivity index (χ1) is 5.81. The zero-order valence-corrected chi connectivity index (χ0v) is 9.08. The number of hydrogen-bond acceptors (Lipinski definition) is 2. The van der Waals surface area contributed by atoms with Crippen LogP contribution in [0.2, 0.25) is 0 Å². The van der Waals surface area contributed by atoms with Crippen LogP contribution in [0.5, 0.6) is 0 Å². The van der Waals surface area contributed by atoms with E-state index in [0.29, 0.717) is 0 Å². The summed E-state index contributed by atoms with van der Waals surface area (Å²) in [7, 11) is -0.586. The lowest BCUT2D eigenvalue weighted by Gasteiger charge is -2.02. The molecule has 0 aromatic rings. The zero-order valence-electron chi connectivity index (χ0n) is 8.27. The molecule has 0 fully saturated rings. The Kier molecular flexibility index (Phi) is 9.28. The molecule has 0 rings (SSSR count).